The average molecular weight is 315 g/mol. The van der Waals surface area contributed by atoms with Gasteiger partial charge in [0.2, 0.25) is 0 Å². The van der Waals surface area contributed by atoms with Crippen LogP contribution in [-0.2, 0) is 6.54 Å². The van der Waals surface area contributed by atoms with Gasteiger partial charge in [-0.15, -0.1) is 0 Å². The van der Waals surface area contributed by atoms with Gasteiger partial charge in [-0.05, 0) is 12.1 Å². The van der Waals surface area contributed by atoms with Gasteiger partial charge < -0.3 is 0 Å². The van der Waals surface area contributed by atoms with E-state index in [-0.39, 0.29) is 16.1 Å². The number of nitrogens with zero attached hydrogens (tertiary/aromatic N) is 3. The van der Waals surface area contributed by atoms with E-state index in [2.05, 4.69) is 15.3 Å². The highest BCUT2D eigenvalue weighted by Crippen LogP contribution is 2.23. The summed E-state index contributed by atoms with van der Waals surface area (Å²) in [5.41, 5.74) is -1.14. The Balaban J connectivity index is 2.15. The third-order valence-electron chi connectivity index (χ3n) is 2.95. The summed E-state index contributed by atoms with van der Waals surface area (Å²) in [4.78, 5) is 11.5. The van der Waals surface area contributed by atoms with Gasteiger partial charge in [-0.1, -0.05) is 11.6 Å². The molecule has 0 fully saturated rings. The van der Waals surface area contributed by atoms with E-state index in [1.165, 1.54) is 6.20 Å². The second kappa shape index (κ2) is 4.88. The average Bonchev–Trinajstić information content (AvgIpc) is 2.78. The number of halogens is 4. The van der Waals surface area contributed by atoms with Gasteiger partial charge in [0.1, 0.15) is 11.0 Å². The molecule has 0 radical (unpaired) electrons. The van der Waals surface area contributed by atoms with Crippen molar-refractivity contribution in [1.82, 2.24) is 20.0 Å². The Morgan fingerprint density at radius 3 is 2.67 bits per heavy atom. The summed E-state index contributed by atoms with van der Waals surface area (Å²) in [5, 5.41) is 9.80. The molecule has 9 heteroatoms. The molecule has 1 aromatic carbocycles. The van der Waals surface area contributed by atoms with Gasteiger partial charge in [0.25, 0.3) is 5.56 Å². The van der Waals surface area contributed by atoms with Crippen LogP contribution in [0.3, 0.4) is 0 Å². The van der Waals surface area contributed by atoms with E-state index < -0.39 is 35.1 Å². The predicted octanol–water partition coefficient (Wildman–Crippen LogP) is 2.24. The summed E-state index contributed by atoms with van der Waals surface area (Å²) in [6.07, 6.45) is 1.26. The Labute approximate surface area is 120 Å². The largest absolute Gasteiger partial charge is 0.292 e. The van der Waals surface area contributed by atoms with Crippen LogP contribution >= 0.6 is 11.6 Å². The van der Waals surface area contributed by atoms with Crippen LogP contribution < -0.4 is 5.56 Å². The molecule has 0 unspecified atom stereocenters. The van der Waals surface area contributed by atoms with Crippen molar-refractivity contribution in [2.75, 3.05) is 0 Å². The molecule has 0 aliphatic heterocycles. The monoisotopic (exact) mass is 314 g/mol. The zero-order valence-corrected chi connectivity index (χ0v) is 11.0. The molecule has 21 heavy (non-hydrogen) atoms. The summed E-state index contributed by atoms with van der Waals surface area (Å²) in [5.74, 6) is -3.44. The second-order valence-corrected chi connectivity index (χ2v) is 4.59. The van der Waals surface area contributed by atoms with E-state index in [1.54, 1.807) is 0 Å². The van der Waals surface area contributed by atoms with Gasteiger partial charge in [-0.2, -0.15) is 10.2 Å². The lowest BCUT2D eigenvalue weighted by atomic mass is 10.2. The van der Waals surface area contributed by atoms with E-state index >= 15 is 0 Å². The second-order valence-electron chi connectivity index (χ2n) is 4.23. The topological polar surface area (TPSA) is 63.6 Å². The molecule has 0 bridgehead atoms. The number of H-pyrrole nitrogens is 1. The molecular weight excluding hydrogens is 309 g/mol. The first-order valence-electron chi connectivity index (χ1n) is 5.71. The molecule has 0 saturated heterocycles. The Bertz CT molecular complexity index is 905. The minimum absolute atomic E-state index is 0.0211. The van der Waals surface area contributed by atoms with Crippen LogP contribution in [0.2, 0.25) is 5.15 Å². The first-order valence-corrected chi connectivity index (χ1v) is 6.09. The van der Waals surface area contributed by atoms with Crippen molar-refractivity contribution in [1.29, 1.82) is 0 Å². The van der Waals surface area contributed by atoms with Crippen LogP contribution in [0.5, 0.6) is 0 Å². The number of fused-ring (bicyclic) bond motifs is 1. The fourth-order valence-corrected chi connectivity index (χ4v) is 2.15. The van der Waals surface area contributed by atoms with E-state index in [9.17, 15) is 18.0 Å². The fraction of sp³-hybridized carbons (Fsp3) is 0.0833. The first-order chi connectivity index (χ1) is 9.99. The maximum atomic E-state index is 13.6. The van der Waals surface area contributed by atoms with Crippen LogP contribution in [0.15, 0.2) is 23.1 Å². The van der Waals surface area contributed by atoms with Crippen LogP contribution in [-0.4, -0.2) is 20.0 Å². The standard InChI is InChI=1S/C12H6ClF3N4O/c13-11-5-3-17-18-12(21)10(5)19-20(11)4-6-7(14)1-2-8(15)9(6)16/h1-3H,4H2,(H,18,21). The molecule has 0 aliphatic carbocycles. The maximum Gasteiger partial charge on any atom is 0.292 e. The number of benzene rings is 1. The normalized spacial score (nSPS) is 11.2. The summed E-state index contributed by atoms with van der Waals surface area (Å²) in [6.45, 7) is -0.456. The number of aromatic amines is 1. The zero-order chi connectivity index (χ0) is 15.1. The van der Waals surface area contributed by atoms with Gasteiger partial charge in [-0.3, -0.25) is 4.79 Å². The molecule has 2 aromatic heterocycles. The highest BCUT2D eigenvalue weighted by atomic mass is 35.5. The highest BCUT2D eigenvalue weighted by Gasteiger charge is 2.18. The first kappa shape index (κ1) is 13.6. The summed E-state index contributed by atoms with van der Waals surface area (Å²) in [7, 11) is 0. The molecule has 0 aliphatic rings. The molecular formula is C12H6ClF3N4O. The van der Waals surface area contributed by atoms with Crippen LogP contribution in [0, 0.1) is 17.5 Å². The lowest BCUT2D eigenvalue weighted by Gasteiger charge is -2.06. The van der Waals surface area contributed by atoms with Crippen LogP contribution in [0.25, 0.3) is 10.9 Å². The maximum absolute atomic E-state index is 13.6. The molecule has 3 aromatic rings. The molecule has 108 valence electrons. The summed E-state index contributed by atoms with van der Waals surface area (Å²) < 4.78 is 41.4. The van der Waals surface area contributed by atoms with Crippen molar-refractivity contribution in [2.24, 2.45) is 0 Å². The fourth-order valence-electron chi connectivity index (χ4n) is 1.91. The zero-order valence-electron chi connectivity index (χ0n) is 10.2. The summed E-state index contributed by atoms with van der Waals surface area (Å²) in [6, 6.07) is 1.49. The van der Waals surface area contributed by atoms with E-state index in [0.717, 1.165) is 10.7 Å². The molecule has 0 saturated carbocycles. The number of nitrogens with one attached hydrogen (secondary N) is 1. The molecule has 0 amide bonds. The molecule has 5 nitrogen and oxygen atoms in total. The lowest BCUT2D eigenvalue weighted by Crippen LogP contribution is -2.10. The smallest absolute Gasteiger partial charge is 0.265 e. The molecule has 0 spiro atoms. The Hall–Kier alpha value is -2.35. The number of hydrogen-bond acceptors (Lipinski definition) is 3. The predicted molar refractivity (Wildman–Crippen MR) is 68.6 cm³/mol. The van der Waals surface area contributed by atoms with Gasteiger partial charge in [0.05, 0.1) is 18.1 Å². The Kier molecular flexibility index (Phi) is 3.17. The molecule has 0 atom stereocenters. The van der Waals surface area contributed by atoms with Crippen molar-refractivity contribution in [3.05, 3.63) is 56.9 Å². The summed E-state index contributed by atoms with van der Waals surface area (Å²) >= 11 is 5.99. The number of aromatic nitrogens is 4. The van der Waals surface area contributed by atoms with E-state index in [4.69, 9.17) is 11.6 Å². The minimum Gasteiger partial charge on any atom is -0.265 e. The van der Waals surface area contributed by atoms with Crippen LogP contribution in [0.1, 0.15) is 5.56 Å². The van der Waals surface area contributed by atoms with Gasteiger partial charge in [-0.25, -0.2) is 23.0 Å². The van der Waals surface area contributed by atoms with Gasteiger partial charge in [0, 0.05) is 5.56 Å². The third kappa shape index (κ3) is 2.17. The van der Waals surface area contributed by atoms with Crippen molar-refractivity contribution in [3.63, 3.8) is 0 Å². The quantitative estimate of drug-likeness (QED) is 0.738. The van der Waals surface area contributed by atoms with Crippen molar-refractivity contribution < 1.29 is 13.2 Å². The Morgan fingerprint density at radius 1 is 1.24 bits per heavy atom. The van der Waals surface area contributed by atoms with E-state index in [1.807, 2.05) is 0 Å². The lowest BCUT2D eigenvalue weighted by molar-refractivity contribution is 0.470. The Morgan fingerprint density at radius 2 is 1.95 bits per heavy atom. The highest BCUT2D eigenvalue weighted by molar-refractivity contribution is 6.34. The van der Waals surface area contributed by atoms with E-state index in [0.29, 0.717) is 6.07 Å². The molecule has 2 heterocycles. The van der Waals surface area contributed by atoms with Crippen molar-refractivity contribution in [3.8, 4) is 0 Å². The van der Waals surface area contributed by atoms with Gasteiger partial charge in [0.15, 0.2) is 17.2 Å². The van der Waals surface area contributed by atoms with Crippen molar-refractivity contribution >= 4 is 22.5 Å². The number of hydrogen-bond donors (Lipinski definition) is 1. The molecule has 3 rings (SSSR count). The minimum atomic E-state index is -1.32. The SMILES string of the molecule is O=c1[nH]ncc2c(Cl)n(Cc3c(F)ccc(F)c3F)nc12. The molecule has 1 N–H and O–H groups in total. The number of rotatable bonds is 2. The van der Waals surface area contributed by atoms with Crippen LogP contribution in [0.4, 0.5) is 13.2 Å². The van der Waals surface area contributed by atoms with Gasteiger partial charge >= 0.3 is 0 Å². The third-order valence-corrected chi connectivity index (χ3v) is 3.35. The van der Waals surface area contributed by atoms with Crippen molar-refractivity contribution in [2.45, 2.75) is 6.54 Å².